The average Bonchev–Trinajstić information content (AvgIpc) is 2.35. The second-order valence-corrected chi connectivity index (χ2v) is 4.29. The zero-order valence-electron chi connectivity index (χ0n) is 10.6. The summed E-state index contributed by atoms with van der Waals surface area (Å²) in [6, 6.07) is 7.80. The molecule has 3 heteroatoms. The number of aryl methyl sites for hydroxylation is 1. The number of benzene rings is 1. The van der Waals surface area contributed by atoms with E-state index in [1.165, 1.54) is 12.7 Å². The number of hydrogen-bond donors (Lipinski definition) is 1. The van der Waals surface area contributed by atoms with Gasteiger partial charge in [0.05, 0.1) is 13.0 Å². The van der Waals surface area contributed by atoms with Crippen molar-refractivity contribution in [3.63, 3.8) is 0 Å². The van der Waals surface area contributed by atoms with Gasteiger partial charge in [0.25, 0.3) is 0 Å². The molecule has 0 spiro atoms. The van der Waals surface area contributed by atoms with Gasteiger partial charge in [-0.1, -0.05) is 25.5 Å². The zero-order chi connectivity index (χ0) is 12.7. The van der Waals surface area contributed by atoms with Crippen LogP contribution in [0, 0.1) is 5.92 Å². The Balaban J connectivity index is 2.51. The van der Waals surface area contributed by atoms with Crippen molar-refractivity contribution in [3.8, 4) is 0 Å². The Morgan fingerprint density at radius 1 is 1.29 bits per heavy atom. The van der Waals surface area contributed by atoms with Crippen molar-refractivity contribution >= 4 is 11.7 Å². The fourth-order valence-electron chi connectivity index (χ4n) is 1.92. The van der Waals surface area contributed by atoms with E-state index >= 15 is 0 Å². The molecular formula is C14H21NO2. The molecule has 17 heavy (non-hydrogen) atoms. The molecule has 0 fully saturated rings. The van der Waals surface area contributed by atoms with E-state index in [9.17, 15) is 4.79 Å². The van der Waals surface area contributed by atoms with Gasteiger partial charge in [0.2, 0.25) is 0 Å². The van der Waals surface area contributed by atoms with Crippen molar-refractivity contribution in [2.75, 3.05) is 12.8 Å². The monoisotopic (exact) mass is 235 g/mol. The lowest BCUT2D eigenvalue weighted by Gasteiger charge is -2.13. The summed E-state index contributed by atoms with van der Waals surface area (Å²) in [6.07, 6.45) is 3.62. The summed E-state index contributed by atoms with van der Waals surface area (Å²) in [5.74, 6) is -0.0788. The third kappa shape index (κ3) is 4.47. The Morgan fingerprint density at radius 3 is 2.47 bits per heavy atom. The van der Waals surface area contributed by atoms with Crippen molar-refractivity contribution in [1.29, 1.82) is 0 Å². The van der Waals surface area contributed by atoms with E-state index in [2.05, 4.69) is 6.92 Å². The Morgan fingerprint density at radius 2 is 1.94 bits per heavy atom. The minimum absolute atomic E-state index is 0.0163. The van der Waals surface area contributed by atoms with Gasteiger partial charge >= 0.3 is 5.97 Å². The molecular weight excluding hydrogens is 214 g/mol. The van der Waals surface area contributed by atoms with E-state index in [4.69, 9.17) is 10.5 Å². The first-order valence-corrected chi connectivity index (χ1v) is 6.09. The van der Waals surface area contributed by atoms with Gasteiger partial charge in [-0.2, -0.15) is 0 Å². The second-order valence-electron chi connectivity index (χ2n) is 4.29. The molecule has 0 aliphatic rings. The van der Waals surface area contributed by atoms with Crippen molar-refractivity contribution in [2.24, 2.45) is 5.92 Å². The van der Waals surface area contributed by atoms with Crippen molar-refractivity contribution in [3.05, 3.63) is 29.8 Å². The first-order valence-electron chi connectivity index (χ1n) is 6.09. The minimum atomic E-state index is -0.0951. The molecule has 0 heterocycles. The van der Waals surface area contributed by atoms with E-state index in [-0.39, 0.29) is 11.9 Å². The highest BCUT2D eigenvalue weighted by Crippen LogP contribution is 2.17. The lowest BCUT2D eigenvalue weighted by Crippen LogP contribution is -2.16. The molecule has 1 atom stereocenters. The van der Waals surface area contributed by atoms with Gasteiger partial charge in [0, 0.05) is 5.69 Å². The average molecular weight is 235 g/mol. The van der Waals surface area contributed by atoms with Gasteiger partial charge in [-0.05, 0) is 37.0 Å². The van der Waals surface area contributed by atoms with Gasteiger partial charge in [-0.3, -0.25) is 4.79 Å². The van der Waals surface area contributed by atoms with Gasteiger partial charge in [0.1, 0.15) is 0 Å². The molecule has 0 aromatic heterocycles. The highest BCUT2D eigenvalue weighted by Gasteiger charge is 2.17. The Hall–Kier alpha value is -1.51. The normalized spacial score (nSPS) is 12.1. The Labute approximate surface area is 103 Å². The van der Waals surface area contributed by atoms with Gasteiger partial charge in [0.15, 0.2) is 0 Å². The molecule has 1 rings (SSSR count). The van der Waals surface area contributed by atoms with Gasteiger partial charge in [-0.15, -0.1) is 0 Å². The molecule has 0 amide bonds. The highest BCUT2D eigenvalue weighted by atomic mass is 16.5. The lowest BCUT2D eigenvalue weighted by atomic mass is 9.95. The number of rotatable bonds is 6. The number of ether oxygens (including phenoxy) is 1. The molecule has 1 aromatic rings. The third-order valence-corrected chi connectivity index (χ3v) is 2.93. The first kappa shape index (κ1) is 13.6. The summed E-state index contributed by atoms with van der Waals surface area (Å²) in [5, 5.41) is 0. The molecule has 1 unspecified atom stereocenters. The number of methoxy groups -OCH3 is 1. The van der Waals surface area contributed by atoms with E-state index in [0.29, 0.717) is 0 Å². The predicted octanol–water partition coefficient (Wildman–Crippen LogP) is 2.79. The first-order chi connectivity index (χ1) is 8.17. The largest absolute Gasteiger partial charge is 0.469 e. The molecule has 0 bridgehead atoms. The van der Waals surface area contributed by atoms with E-state index in [1.807, 2.05) is 24.3 Å². The predicted molar refractivity (Wildman–Crippen MR) is 69.6 cm³/mol. The van der Waals surface area contributed by atoms with Crippen molar-refractivity contribution in [2.45, 2.75) is 32.6 Å². The maximum atomic E-state index is 11.5. The quantitative estimate of drug-likeness (QED) is 0.609. The Kier molecular flexibility index (Phi) is 5.53. The van der Waals surface area contributed by atoms with Crippen LogP contribution in [0.15, 0.2) is 24.3 Å². The van der Waals surface area contributed by atoms with E-state index < -0.39 is 0 Å². The van der Waals surface area contributed by atoms with Crippen LogP contribution >= 0.6 is 0 Å². The number of carbonyl (C=O) groups is 1. The smallest absolute Gasteiger partial charge is 0.308 e. The number of hydrogen-bond acceptors (Lipinski definition) is 3. The van der Waals surface area contributed by atoms with Crippen LogP contribution in [0.4, 0.5) is 5.69 Å². The molecule has 0 aliphatic heterocycles. The number of anilines is 1. The molecule has 3 nitrogen and oxygen atoms in total. The summed E-state index contributed by atoms with van der Waals surface area (Å²) in [5.41, 5.74) is 7.61. The Bertz CT molecular complexity index is 346. The molecule has 0 saturated carbocycles. The topological polar surface area (TPSA) is 52.3 Å². The highest BCUT2D eigenvalue weighted by molar-refractivity contribution is 5.72. The molecule has 0 saturated heterocycles. The van der Waals surface area contributed by atoms with Crippen LogP contribution in [-0.4, -0.2) is 13.1 Å². The fourth-order valence-corrected chi connectivity index (χ4v) is 1.92. The fraction of sp³-hybridized carbons (Fsp3) is 0.500. The summed E-state index contributed by atoms with van der Waals surface area (Å²) >= 11 is 0. The van der Waals surface area contributed by atoms with E-state index in [0.717, 1.165) is 31.4 Å². The SMILES string of the molecule is CCCC(CCc1ccc(N)cc1)C(=O)OC. The molecule has 0 radical (unpaired) electrons. The maximum absolute atomic E-state index is 11.5. The second kappa shape index (κ2) is 6.94. The van der Waals surface area contributed by atoms with Gasteiger partial charge < -0.3 is 10.5 Å². The molecule has 1 aromatic carbocycles. The van der Waals surface area contributed by atoms with Crippen LogP contribution in [-0.2, 0) is 16.0 Å². The standard InChI is InChI=1S/C14H21NO2/c1-3-4-12(14(16)17-2)8-5-11-6-9-13(15)10-7-11/h6-7,9-10,12H,3-5,8,15H2,1-2H3. The van der Waals surface area contributed by atoms with E-state index in [1.54, 1.807) is 0 Å². The molecule has 0 aliphatic carbocycles. The lowest BCUT2D eigenvalue weighted by molar-refractivity contribution is -0.145. The van der Waals surface area contributed by atoms with Crippen LogP contribution < -0.4 is 5.73 Å². The number of esters is 1. The van der Waals surface area contributed by atoms with Crippen LogP contribution in [0.3, 0.4) is 0 Å². The maximum Gasteiger partial charge on any atom is 0.308 e. The van der Waals surface area contributed by atoms with Crippen LogP contribution in [0.25, 0.3) is 0 Å². The zero-order valence-corrected chi connectivity index (χ0v) is 10.6. The van der Waals surface area contributed by atoms with Crippen molar-refractivity contribution < 1.29 is 9.53 Å². The third-order valence-electron chi connectivity index (χ3n) is 2.93. The number of carbonyl (C=O) groups excluding carboxylic acids is 1. The number of nitrogen functional groups attached to an aromatic ring is 1. The molecule has 2 N–H and O–H groups in total. The minimum Gasteiger partial charge on any atom is -0.469 e. The summed E-state index contributed by atoms with van der Waals surface area (Å²) in [7, 11) is 1.45. The number of nitrogens with two attached hydrogens (primary N) is 1. The summed E-state index contributed by atoms with van der Waals surface area (Å²) in [6.45, 7) is 2.08. The van der Waals surface area contributed by atoms with Crippen LogP contribution in [0.2, 0.25) is 0 Å². The van der Waals surface area contributed by atoms with Crippen LogP contribution in [0.1, 0.15) is 31.7 Å². The van der Waals surface area contributed by atoms with Crippen molar-refractivity contribution in [1.82, 2.24) is 0 Å². The van der Waals surface area contributed by atoms with Crippen LogP contribution in [0.5, 0.6) is 0 Å². The molecule has 94 valence electrons. The summed E-state index contributed by atoms with van der Waals surface area (Å²) < 4.78 is 4.81. The van der Waals surface area contributed by atoms with Gasteiger partial charge in [-0.25, -0.2) is 0 Å². The summed E-state index contributed by atoms with van der Waals surface area (Å²) in [4.78, 5) is 11.5.